The van der Waals surface area contributed by atoms with E-state index in [9.17, 15) is 48.2 Å². The standard InChI is InChI=1S/C25H29F7N6O3S/c1-15-20(35-14-34-15)21(22(39)36-16-7-9-25(26,27)10-8-16)38(23(40)19-11-24(2,41)12-37(19)13-33)17-3-5-18(6-4-17)42(28,29,30,31)32/h3-6,14,16,19,21,41H,7-12H2,1-2H3,(H,34,35)(H,36,39)/t19-,21?,24-/m1/s1. The van der Waals surface area contributed by atoms with Crippen molar-refractivity contribution in [2.24, 2.45) is 0 Å². The summed E-state index contributed by atoms with van der Waals surface area (Å²) in [4.78, 5) is 34.2. The normalized spacial score (nSPS) is 25.2. The van der Waals surface area contributed by atoms with E-state index in [4.69, 9.17) is 0 Å². The van der Waals surface area contributed by atoms with Crippen LogP contribution in [0.2, 0.25) is 0 Å². The molecule has 2 fully saturated rings. The average Bonchev–Trinajstić information content (AvgIpc) is 3.43. The number of alkyl halides is 2. The van der Waals surface area contributed by atoms with E-state index in [0.29, 0.717) is 12.1 Å². The van der Waals surface area contributed by atoms with E-state index in [2.05, 4.69) is 15.3 Å². The van der Waals surface area contributed by atoms with Crippen molar-refractivity contribution in [2.45, 2.75) is 80.5 Å². The van der Waals surface area contributed by atoms with E-state index >= 15 is 0 Å². The van der Waals surface area contributed by atoms with E-state index in [1.165, 1.54) is 20.2 Å². The number of nitriles is 1. The molecule has 2 heterocycles. The van der Waals surface area contributed by atoms with Crippen LogP contribution in [-0.4, -0.2) is 61.9 Å². The first-order chi connectivity index (χ1) is 19.1. The molecule has 1 aromatic heterocycles. The predicted molar refractivity (Wildman–Crippen MR) is 138 cm³/mol. The van der Waals surface area contributed by atoms with Crippen molar-refractivity contribution >= 4 is 27.7 Å². The van der Waals surface area contributed by atoms with Crippen molar-refractivity contribution in [1.29, 1.82) is 5.26 Å². The molecule has 3 N–H and O–H groups in total. The van der Waals surface area contributed by atoms with Crippen molar-refractivity contribution < 1.29 is 42.9 Å². The highest BCUT2D eigenvalue weighted by atomic mass is 32.5. The quantitative estimate of drug-likeness (QED) is 0.277. The van der Waals surface area contributed by atoms with Gasteiger partial charge in [-0.05, 0) is 51.0 Å². The van der Waals surface area contributed by atoms with Crippen LogP contribution < -0.4 is 10.2 Å². The van der Waals surface area contributed by atoms with Crippen LogP contribution in [0.1, 0.15) is 56.5 Å². The minimum atomic E-state index is -10.1. The molecule has 1 saturated carbocycles. The molecular formula is C25H29F7N6O3S. The van der Waals surface area contributed by atoms with E-state index in [0.717, 1.165) is 9.80 Å². The number of aromatic amines is 1. The van der Waals surface area contributed by atoms with Crippen molar-refractivity contribution in [1.82, 2.24) is 20.2 Å². The number of carbonyl (C=O) groups is 2. The number of likely N-dealkylation sites (tertiary alicyclic amines) is 1. The summed E-state index contributed by atoms with van der Waals surface area (Å²) in [6, 6.07) is -2.48. The number of benzene rings is 1. The van der Waals surface area contributed by atoms with Crippen LogP contribution >= 0.6 is 10.2 Å². The molecule has 4 rings (SSSR count). The van der Waals surface area contributed by atoms with E-state index < -0.39 is 75.1 Å². The zero-order valence-corrected chi connectivity index (χ0v) is 23.3. The first-order valence-electron chi connectivity index (χ1n) is 12.8. The third-order valence-electron chi connectivity index (χ3n) is 7.43. The van der Waals surface area contributed by atoms with Crippen molar-refractivity contribution in [3.63, 3.8) is 0 Å². The number of rotatable bonds is 7. The average molecular weight is 627 g/mol. The zero-order chi connectivity index (χ0) is 31.4. The lowest BCUT2D eigenvalue weighted by atomic mass is 9.92. The number of halogens is 7. The molecule has 1 aliphatic heterocycles. The van der Waals surface area contributed by atoms with Gasteiger partial charge in [0.1, 0.15) is 10.9 Å². The summed E-state index contributed by atoms with van der Waals surface area (Å²) in [5.41, 5.74) is -1.73. The Kier molecular flexibility index (Phi) is 7.30. The van der Waals surface area contributed by atoms with Crippen molar-refractivity contribution in [2.75, 3.05) is 11.4 Å². The van der Waals surface area contributed by atoms with Gasteiger partial charge in [-0.2, -0.15) is 5.26 Å². The van der Waals surface area contributed by atoms with E-state index in [1.807, 2.05) is 0 Å². The monoisotopic (exact) mass is 626 g/mol. The second kappa shape index (κ2) is 9.76. The molecule has 0 radical (unpaired) electrons. The highest BCUT2D eigenvalue weighted by Gasteiger charge is 2.65. The molecule has 1 aliphatic carbocycles. The molecule has 9 nitrogen and oxygen atoms in total. The maximum Gasteiger partial charge on any atom is 0.310 e. The number of H-pyrrole nitrogens is 1. The molecule has 2 amide bonds. The van der Waals surface area contributed by atoms with Gasteiger partial charge in [0.05, 0.1) is 24.2 Å². The van der Waals surface area contributed by atoms with Gasteiger partial charge in [-0.25, -0.2) is 13.8 Å². The second-order valence-corrected chi connectivity index (χ2v) is 13.5. The summed E-state index contributed by atoms with van der Waals surface area (Å²) in [6.07, 6.45) is 1.47. The lowest BCUT2D eigenvalue weighted by Gasteiger charge is -2.41. The number of β-amino-alcohol motifs (C(OH)–C–C–N with tert-alkyl or cyclic N) is 1. The van der Waals surface area contributed by atoms with Crippen LogP contribution in [0.15, 0.2) is 35.5 Å². The number of carbonyl (C=O) groups excluding carboxylic acids is 2. The van der Waals surface area contributed by atoms with Gasteiger partial charge in [-0.3, -0.25) is 19.4 Å². The first kappa shape index (κ1) is 31.4. The SMILES string of the molecule is Cc1[nH]cnc1C(C(=O)NC1CCC(F)(F)CC1)N(C(=O)[C@H]1C[C@@](C)(O)CN1C#N)c1ccc(S(F)(F)(F)(F)F)cc1. The van der Waals surface area contributed by atoms with Gasteiger partial charge in [0.2, 0.25) is 11.8 Å². The number of nitrogens with one attached hydrogen (secondary N) is 2. The van der Waals surface area contributed by atoms with E-state index in [1.54, 1.807) is 6.19 Å². The number of aromatic nitrogens is 2. The Balaban J connectivity index is 1.82. The molecule has 3 atom stereocenters. The molecule has 17 heteroatoms. The lowest BCUT2D eigenvalue weighted by molar-refractivity contribution is -0.129. The van der Waals surface area contributed by atoms with Gasteiger partial charge in [0, 0.05) is 36.7 Å². The first-order valence-corrected chi connectivity index (χ1v) is 14.8. The molecular weight excluding hydrogens is 597 g/mol. The number of aryl methyl sites for hydroxylation is 1. The van der Waals surface area contributed by atoms with Gasteiger partial charge in [-0.1, -0.05) is 19.4 Å². The van der Waals surface area contributed by atoms with Gasteiger partial charge in [0.25, 0.3) is 5.91 Å². The maximum absolute atomic E-state index is 14.1. The summed E-state index contributed by atoms with van der Waals surface area (Å²) >= 11 is 0. The molecule has 1 aromatic carbocycles. The lowest BCUT2D eigenvalue weighted by Crippen LogP contribution is -2.52. The van der Waals surface area contributed by atoms with Crippen LogP contribution in [0.4, 0.5) is 33.9 Å². The van der Waals surface area contributed by atoms with E-state index in [-0.39, 0.29) is 49.3 Å². The Labute approximate surface area is 236 Å². The number of nitrogens with zero attached hydrogens (tertiary/aromatic N) is 4. The summed E-state index contributed by atoms with van der Waals surface area (Å²) in [5, 5.41) is 22.8. The van der Waals surface area contributed by atoms with Crippen LogP contribution in [0.5, 0.6) is 0 Å². The Morgan fingerprint density at radius 2 is 1.79 bits per heavy atom. The summed E-state index contributed by atoms with van der Waals surface area (Å²) in [5.74, 6) is -4.84. The Bertz CT molecular complexity index is 1400. The smallest absolute Gasteiger partial charge is 0.310 e. The number of aliphatic hydroxyl groups is 1. The maximum atomic E-state index is 14.1. The minimum absolute atomic E-state index is 0.0629. The van der Waals surface area contributed by atoms with Gasteiger partial charge in [-0.15, -0.1) is 0 Å². The fourth-order valence-corrected chi connectivity index (χ4v) is 5.95. The molecule has 2 aromatic rings. The molecule has 1 unspecified atom stereocenters. The van der Waals surface area contributed by atoms with Crippen LogP contribution in [0.25, 0.3) is 0 Å². The molecule has 1 saturated heterocycles. The number of imidazole rings is 1. The number of hydrogen-bond donors (Lipinski definition) is 3. The number of anilines is 1. The molecule has 0 spiro atoms. The Hall–Kier alpha value is -3.52. The van der Waals surface area contributed by atoms with Crippen molar-refractivity contribution in [3.8, 4) is 6.19 Å². The van der Waals surface area contributed by atoms with Gasteiger partial charge in [0.15, 0.2) is 12.2 Å². The van der Waals surface area contributed by atoms with Gasteiger partial charge < -0.3 is 15.4 Å². The number of hydrogen-bond acceptors (Lipinski definition) is 6. The number of amides is 2. The highest BCUT2D eigenvalue weighted by molar-refractivity contribution is 8.45. The van der Waals surface area contributed by atoms with Crippen LogP contribution in [0, 0.1) is 18.4 Å². The summed E-state index contributed by atoms with van der Waals surface area (Å²) in [7, 11) is -10.1. The van der Waals surface area contributed by atoms with Gasteiger partial charge >= 0.3 is 10.2 Å². The predicted octanol–water partition coefficient (Wildman–Crippen LogP) is 5.45. The largest absolute Gasteiger partial charge is 0.388 e. The zero-order valence-electron chi connectivity index (χ0n) is 22.5. The Morgan fingerprint density at radius 3 is 2.29 bits per heavy atom. The minimum Gasteiger partial charge on any atom is -0.388 e. The Morgan fingerprint density at radius 1 is 1.19 bits per heavy atom. The van der Waals surface area contributed by atoms with Crippen molar-refractivity contribution in [3.05, 3.63) is 42.0 Å². The summed E-state index contributed by atoms with van der Waals surface area (Å²) in [6.45, 7) is 2.58. The second-order valence-electron chi connectivity index (χ2n) is 11.1. The molecule has 2 aliphatic rings. The highest BCUT2D eigenvalue weighted by Crippen LogP contribution is 3.02. The fraction of sp³-hybridized carbons (Fsp3) is 0.520. The van der Waals surface area contributed by atoms with Crippen LogP contribution in [-0.2, 0) is 9.59 Å². The fourth-order valence-electron chi connectivity index (χ4n) is 5.30. The third kappa shape index (κ3) is 6.75. The molecule has 0 bridgehead atoms. The topological polar surface area (TPSA) is 125 Å². The third-order valence-corrected chi connectivity index (χ3v) is 8.59. The summed E-state index contributed by atoms with van der Waals surface area (Å²) < 4.78 is 94.8. The molecule has 42 heavy (non-hydrogen) atoms. The van der Waals surface area contributed by atoms with Crippen LogP contribution in [0.3, 0.4) is 0 Å². The molecule has 232 valence electrons.